The Morgan fingerprint density at radius 3 is 3.00 bits per heavy atom. The highest BCUT2D eigenvalue weighted by Gasteiger charge is 2.21. The van der Waals surface area contributed by atoms with Gasteiger partial charge in [0.15, 0.2) is 0 Å². The van der Waals surface area contributed by atoms with Crippen LogP contribution in [-0.4, -0.2) is 44.4 Å². The molecule has 1 aliphatic heterocycles. The lowest BCUT2D eigenvalue weighted by molar-refractivity contribution is -0.00793. The molecule has 1 aromatic carbocycles. The van der Waals surface area contributed by atoms with Crippen LogP contribution in [0.5, 0.6) is 5.75 Å². The molecule has 0 aromatic heterocycles. The molecule has 2 N–H and O–H groups in total. The first kappa shape index (κ1) is 13.3. The Bertz CT molecular complexity index is 395. The van der Waals surface area contributed by atoms with Gasteiger partial charge in [0, 0.05) is 25.7 Å². The summed E-state index contributed by atoms with van der Waals surface area (Å²) >= 11 is 0. The van der Waals surface area contributed by atoms with Gasteiger partial charge < -0.3 is 15.2 Å². The monoisotopic (exact) mass is 250 g/mol. The zero-order valence-electron chi connectivity index (χ0n) is 11.2. The van der Waals surface area contributed by atoms with Crippen molar-refractivity contribution in [1.29, 1.82) is 0 Å². The Hall–Kier alpha value is -1.10. The maximum atomic E-state index is 5.78. The minimum atomic E-state index is 0.334. The number of methoxy groups -OCH3 is 1. The molecule has 0 radical (unpaired) electrons. The van der Waals surface area contributed by atoms with E-state index >= 15 is 0 Å². The van der Waals surface area contributed by atoms with Crippen molar-refractivity contribution in [3.8, 4) is 5.75 Å². The minimum Gasteiger partial charge on any atom is -0.496 e. The second-order valence-corrected chi connectivity index (χ2v) is 4.74. The van der Waals surface area contributed by atoms with Crippen LogP contribution in [-0.2, 0) is 11.3 Å². The van der Waals surface area contributed by atoms with Crippen molar-refractivity contribution in [3.63, 3.8) is 0 Å². The van der Waals surface area contributed by atoms with Gasteiger partial charge in [-0.3, -0.25) is 4.90 Å². The first-order valence-electron chi connectivity index (χ1n) is 6.40. The molecule has 0 spiro atoms. The first-order valence-corrected chi connectivity index (χ1v) is 6.40. The largest absolute Gasteiger partial charge is 0.496 e. The number of nitrogens with two attached hydrogens (primary N) is 1. The van der Waals surface area contributed by atoms with Gasteiger partial charge in [0.1, 0.15) is 5.75 Å². The molecule has 1 aromatic rings. The molecule has 18 heavy (non-hydrogen) atoms. The number of rotatable bonds is 4. The number of benzene rings is 1. The summed E-state index contributed by atoms with van der Waals surface area (Å²) in [5.74, 6) is 0.941. The van der Waals surface area contributed by atoms with Crippen LogP contribution < -0.4 is 10.5 Å². The fourth-order valence-corrected chi connectivity index (χ4v) is 2.39. The molecule has 0 amide bonds. The normalized spacial score (nSPS) is 20.9. The Morgan fingerprint density at radius 2 is 2.33 bits per heavy atom. The molecule has 0 bridgehead atoms. The van der Waals surface area contributed by atoms with Gasteiger partial charge in [-0.25, -0.2) is 0 Å². The fourth-order valence-electron chi connectivity index (χ4n) is 2.39. The second-order valence-electron chi connectivity index (χ2n) is 4.74. The molecule has 2 rings (SSSR count). The minimum absolute atomic E-state index is 0.334. The topological polar surface area (TPSA) is 47.7 Å². The van der Waals surface area contributed by atoms with Gasteiger partial charge in [-0.15, -0.1) is 0 Å². The van der Waals surface area contributed by atoms with Crippen LogP contribution in [0.15, 0.2) is 18.2 Å². The van der Waals surface area contributed by atoms with E-state index in [-0.39, 0.29) is 0 Å². The number of nitrogens with zero attached hydrogens (tertiary/aromatic N) is 1. The lowest BCUT2D eigenvalue weighted by atomic mass is 10.1. The van der Waals surface area contributed by atoms with E-state index in [2.05, 4.69) is 24.0 Å². The third-order valence-electron chi connectivity index (χ3n) is 3.47. The SMILES string of the molecule is COc1ccc(CN2CCOCC2CN)cc1C. The van der Waals surface area contributed by atoms with E-state index in [9.17, 15) is 0 Å². The van der Waals surface area contributed by atoms with E-state index in [0.29, 0.717) is 12.6 Å². The van der Waals surface area contributed by atoms with Gasteiger partial charge in [0.05, 0.1) is 20.3 Å². The standard InChI is InChI=1S/C14H22N2O2/c1-11-7-12(3-4-14(11)17-2)9-16-5-6-18-10-13(16)8-15/h3-4,7,13H,5-6,8-10,15H2,1-2H3. The highest BCUT2D eigenvalue weighted by atomic mass is 16.5. The smallest absolute Gasteiger partial charge is 0.121 e. The zero-order chi connectivity index (χ0) is 13.0. The highest BCUT2D eigenvalue weighted by molar-refractivity contribution is 5.36. The molecule has 1 saturated heterocycles. The van der Waals surface area contributed by atoms with Crippen LogP contribution in [0, 0.1) is 6.92 Å². The molecule has 1 aliphatic rings. The van der Waals surface area contributed by atoms with Gasteiger partial charge in [0.25, 0.3) is 0 Å². The Morgan fingerprint density at radius 1 is 1.50 bits per heavy atom. The van der Waals surface area contributed by atoms with E-state index in [0.717, 1.165) is 32.1 Å². The summed E-state index contributed by atoms with van der Waals surface area (Å²) in [5, 5.41) is 0. The molecule has 1 heterocycles. The number of hydrogen-bond donors (Lipinski definition) is 1. The number of hydrogen-bond acceptors (Lipinski definition) is 4. The highest BCUT2D eigenvalue weighted by Crippen LogP contribution is 2.20. The predicted octanol–water partition coefficient (Wildman–Crippen LogP) is 1.16. The number of aryl methyl sites for hydroxylation is 1. The molecule has 4 nitrogen and oxygen atoms in total. The average molecular weight is 250 g/mol. The molecule has 100 valence electrons. The van der Waals surface area contributed by atoms with E-state index in [1.807, 2.05) is 6.07 Å². The molecule has 1 unspecified atom stereocenters. The van der Waals surface area contributed by atoms with E-state index < -0.39 is 0 Å². The summed E-state index contributed by atoms with van der Waals surface area (Å²) in [4.78, 5) is 2.39. The first-order chi connectivity index (χ1) is 8.74. The van der Waals surface area contributed by atoms with Crippen LogP contribution >= 0.6 is 0 Å². The molecular weight excluding hydrogens is 228 g/mol. The Balaban J connectivity index is 2.05. The molecule has 1 atom stereocenters. The third-order valence-corrected chi connectivity index (χ3v) is 3.47. The third kappa shape index (κ3) is 3.02. The second kappa shape index (κ2) is 6.18. The van der Waals surface area contributed by atoms with Gasteiger partial charge >= 0.3 is 0 Å². The molecular formula is C14H22N2O2. The van der Waals surface area contributed by atoms with Crippen molar-refractivity contribution in [2.45, 2.75) is 19.5 Å². The van der Waals surface area contributed by atoms with E-state index in [4.69, 9.17) is 15.2 Å². The Kier molecular flexibility index (Phi) is 4.58. The summed E-state index contributed by atoms with van der Waals surface area (Å²) in [6.45, 7) is 6.14. The van der Waals surface area contributed by atoms with Crippen molar-refractivity contribution in [3.05, 3.63) is 29.3 Å². The molecule has 4 heteroatoms. The maximum absolute atomic E-state index is 5.78. The van der Waals surface area contributed by atoms with Crippen molar-refractivity contribution in [1.82, 2.24) is 4.90 Å². The van der Waals surface area contributed by atoms with Crippen LogP contribution in [0.25, 0.3) is 0 Å². The van der Waals surface area contributed by atoms with Gasteiger partial charge in [-0.05, 0) is 24.1 Å². The maximum Gasteiger partial charge on any atom is 0.121 e. The van der Waals surface area contributed by atoms with Crippen molar-refractivity contribution in [2.75, 3.05) is 33.4 Å². The van der Waals surface area contributed by atoms with Gasteiger partial charge in [-0.2, -0.15) is 0 Å². The van der Waals surface area contributed by atoms with Gasteiger partial charge in [-0.1, -0.05) is 12.1 Å². The Labute approximate surface area is 109 Å². The molecule has 0 saturated carbocycles. The summed E-state index contributed by atoms with van der Waals surface area (Å²) in [6, 6.07) is 6.67. The van der Waals surface area contributed by atoms with Gasteiger partial charge in [0.2, 0.25) is 0 Å². The average Bonchev–Trinajstić information content (AvgIpc) is 2.39. The summed E-state index contributed by atoms with van der Waals surface area (Å²) in [6.07, 6.45) is 0. The molecule has 0 aliphatic carbocycles. The van der Waals surface area contributed by atoms with Crippen molar-refractivity contribution < 1.29 is 9.47 Å². The van der Waals surface area contributed by atoms with Crippen molar-refractivity contribution in [2.24, 2.45) is 5.73 Å². The van der Waals surface area contributed by atoms with Crippen molar-refractivity contribution >= 4 is 0 Å². The summed E-state index contributed by atoms with van der Waals surface area (Å²) in [5.41, 5.74) is 8.25. The summed E-state index contributed by atoms with van der Waals surface area (Å²) in [7, 11) is 1.70. The van der Waals surface area contributed by atoms with E-state index in [1.165, 1.54) is 11.1 Å². The number of ether oxygens (including phenoxy) is 2. The fraction of sp³-hybridized carbons (Fsp3) is 0.571. The predicted molar refractivity (Wildman–Crippen MR) is 71.8 cm³/mol. The van der Waals surface area contributed by atoms with E-state index in [1.54, 1.807) is 7.11 Å². The lowest BCUT2D eigenvalue weighted by Gasteiger charge is -2.34. The summed E-state index contributed by atoms with van der Waals surface area (Å²) < 4.78 is 10.7. The quantitative estimate of drug-likeness (QED) is 0.871. The van der Waals surface area contributed by atoms with Crippen LogP contribution in [0.3, 0.4) is 0 Å². The van der Waals surface area contributed by atoms with Crippen LogP contribution in [0.2, 0.25) is 0 Å². The van der Waals surface area contributed by atoms with Crippen LogP contribution in [0.1, 0.15) is 11.1 Å². The lowest BCUT2D eigenvalue weighted by Crippen LogP contribution is -2.48. The zero-order valence-corrected chi connectivity index (χ0v) is 11.2. The molecule has 1 fully saturated rings. The number of morpholine rings is 1. The van der Waals surface area contributed by atoms with Crippen LogP contribution in [0.4, 0.5) is 0 Å².